The molecule has 7 nitrogen and oxygen atoms in total. The van der Waals surface area contributed by atoms with Crippen LogP contribution in [0.25, 0.3) is 17.0 Å². The van der Waals surface area contributed by atoms with Crippen LogP contribution in [-0.4, -0.2) is 41.6 Å². The Bertz CT molecular complexity index is 1080. The third-order valence-electron chi connectivity index (χ3n) is 3.94. The average molecular weight is 397 g/mol. The molecule has 0 unspecified atom stereocenters. The van der Waals surface area contributed by atoms with E-state index in [1.54, 1.807) is 25.3 Å². The number of hydrogen-bond donors (Lipinski definition) is 1. The van der Waals surface area contributed by atoms with E-state index in [1.807, 2.05) is 20.8 Å². The van der Waals surface area contributed by atoms with Crippen molar-refractivity contribution in [2.24, 2.45) is 0 Å². The van der Waals surface area contributed by atoms with Crippen LogP contribution < -0.4 is 4.74 Å². The number of halogens is 1. The van der Waals surface area contributed by atoms with E-state index in [0.717, 1.165) is 5.69 Å². The smallest absolute Gasteiger partial charge is 0.175 e. The fourth-order valence-corrected chi connectivity index (χ4v) is 3.97. The summed E-state index contributed by atoms with van der Waals surface area (Å²) in [4.78, 5) is 3.16. The Balaban J connectivity index is 2.16. The van der Waals surface area contributed by atoms with Gasteiger partial charge < -0.3 is 9.72 Å². The van der Waals surface area contributed by atoms with Gasteiger partial charge in [-0.05, 0) is 17.7 Å². The maximum Gasteiger partial charge on any atom is 0.175 e. The molecule has 2 heterocycles. The molecule has 0 spiro atoms. The molecule has 140 valence electrons. The summed E-state index contributed by atoms with van der Waals surface area (Å²) in [5.74, 6) is 0.983. The maximum absolute atomic E-state index is 11.8. The van der Waals surface area contributed by atoms with Crippen LogP contribution in [0, 0.1) is 0 Å². The number of hydrogen-bond acceptors (Lipinski definition) is 5. The van der Waals surface area contributed by atoms with Crippen LogP contribution in [0.5, 0.6) is 5.75 Å². The predicted molar refractivity (Wildman–Crippen MR) is 102 cm³/mol. The van der Waals surface area contributed by atoms with Crippen LogP contribution in [-0.2, 0) is 21.0 Å². The Kier molecular flexibility index (Phi) is 4.52. The van der Waals surface area contributed by atoms with Crippen LogP contribution >= 0.6 is 11.6 Å². The number of sulfone groups is 1. The van der Waals surface area contributed by atoms with Gasteiger partial charge in [-0.15, -0.1) is 9.73 Å². The SMILES string of the molecule is COc1ccc(CS(C)(=O)=O)c(-c2nn3nc(C(C)(C)C)c(Cl)c3[nH]2)c1. The summed E-state index contributed by atoms with van der Waals surface area (Å²) in [7, 11) is -1.66. The fourth-order valence-electron chi connectivity index (χ4n) is 2.71. The molecule has 3 aromatic rings. The molecular formula is C17H21ClN4O3S. The van der Waals surface area contributed by atoms with Crippen molar-refractivity contribution in [2.75, 3.05) is 13.4 Å². The van der Waals surface area contributed by atoms with Crippen LogP contribution in [0.3, 0.4) is 0 Å². The number of fused-ring (bicyclic) bond motifs is 1. The van der Waals surface area contributed by atoms with Gasteiger partial charge >= 0.3 is 0 Å². The highest BCUT2D eigenvalue weighted by Gasteiger charge is 2.25. The quantitative estimate of drug-likeness (QED) is 0.731. The van der Waals surface area contributed by atoms with Crippen molar-refractivity contribution in [3.05, 3.63) is 34.5 Å². The molecule has 1 aromatic carbocycles. The lowest BCUT2D eigenvalue weighted by Gasteiger charge is -2.14. The Hall–Kier alpha value is -2.06. The molecule has 0 saturated carbocycles. The van der Waals surface area contributed by atoms with Crippen LogP contribution in [0.1, 0.15) is 32.0 Å². The van der Waals surface area contributed by atoms with E-state index in [9.17, 15) is 8.42 Å². The molecule has 0 saturated heterocycles. The summed E-state index contributed by atoms with van der Waals surface area (Å²) in [6.45, 7) is 6.06. The molecule has 3 rings (SSSR count). The minimum absolute atomic E-state index is 0.101. The highest BCUT2D eigenvalue weighted by atomic mass is 35.5. The number of nitrogens with one attached hydrogen (secondary N) is 1. The summed E-state index contributed by atoms with van der Waals surface area (Å²) in [5.41, 5.74) is 2.35. The normalized spacial score (nSPS) is 12.7. The molecule has 1 N–H and O–H groups in total. The van der Waals surface area contributed by atoms with E-state index in [1.165, 1.54) is 10.9 Å². The van der Waals surface area contributed by atoms with E-state index in [2.05, 4.69) is 15.2 Å². The van der Waals surface area contributed by atoms with Gasteiger partial charge in [0.1, 0.15) is 10.8 Å². The second-order valence-electron chi connectivity index (χ2n) is 7.32. The monoisotopic (exact) mass is 396 g/mol. The first-order valence-electron chi connectivity index (χ1n) is 7.99. The van der Waals surface area contributed by atoms with Crippen molar-refractivity contribution in [3.8, 4) is 17.1 Å². The zero-order valence-corrected chi connectivity index (χ0v) is 16.9. The van der Waals surface area contributed by atoms with E-state index in [4.69, 9.17) is 16.3 Å². The van der Waals surface area contributed by atoms with Gasteiger partial charge in [-0.2, -0.15) is 5.10 Å². The number of benzene rings is 1. The number of methoxy groups -OCH3 is 1. The molecule has 0 fully saturated rings. The first-order valence-corrected chi connectivity index (χ1v) is 10.4. The van der Waals surface area contributed by atoms with Gasteiger partial charge in [-0.1, -0.05) is 38.4 Å². The molecule has 0 aliphatic heterocycles. The number of ether oxygens (including phenoxy) is 1. The maximum atomic E-state index is 11.8. The van der Waals surface area contributed by atoms with Gasteiger partial charge in [-0.3, -0.25) is 0 Å². The minimum atomic E-state index is -3.21. The molecule has 0 aliphatic carbocycles. The number of aromatic nitrogens is 4. The molecule has 0 atom stereocenters. The van der Waals surface area contributed by atoms with Gasteiger partial charge in [0.15, 0.2) is 21.3 Å². The molecule has 0 aliphatic rings. The Morgan fingerprint density at radius 2 is 1.96 bits per heavy atom. The van der Waals surface area contributed by atoms with E-state index in [0.29, 0.717) is 33.4 Å². The van der Waals surface area contributed by atoms with E-state index in [-0.39, 0.29) is 11.2 Å². The standard InChI is InChI=1S/C17H21ClN4O3S/c1-17(2,3)14-13(18)16-19-15(21-22(16)20-14)12-8-11(25-4)7-6-10(12)9-26(5,23)24/h6-8H,9H2,1-5H3,(H,19,21). The predicted octanol–water partition coefficient (Wildman–Crippen LogP) is 3.23. The molecule has 2 aromatic heterocycles. The van der Waals surface area contributed by atoms with Gasteiger partial charge in [0, 0.05) is 17.2 Å². The third kappa shape index (κ3) is 3.57. The topological polar surface area (TPSA) is 89.3 Å². The first kappa shape index (κ1) is 18.7. The number of nitrogens with zero attached hydrogens (tertiary/aromatic N) is 3. The molecule has 0 amide bonds. The lowest BCUT2D eigenvalue weighted by Crippen LogP contribution is -2.13. The van der Waals surface area contributed by atoms with Crippen molar-refractivity contribution in [1.82, 2.24) is 19.8 Å². The minimum Gasteiger partial charge on any atom is -0.497 e. The van der Waals surface area contributed by atoms with Gasteiger partial charge in [0.05, 0.1) is 18.6 Å². The van der Waals surface area contributed by atoms with Crippen LogP contribution in [0.2, 0.25) is 5.02 Å². The number of H-pyrrole nitrogens is 1. The molecule has 26 heavy (non-hydrogen) atoms. The summed E-state index contributed by atoms with van der Waals surface area (Å²) in [5, 5.41) is 9.43. The lowest BCUT2D eigenvalue weighted by atomic mass is 9.92. The third-order valence-corrected chi connectivity index (χ3v) is 5.14. The highest BCUT2D eigenvalue weighted by Crippen LogP contribution is 2.33. The molecule has 9 heteroatoms. The van der Waals surface area contributed by atoms with Gasteiger partial charge in [0.25, 0.3) is 0 Å². The first-order chi connectivity index (χ1) is 12.0. The van der Waals surface area contributed by atoms with Gasteiger partial charge in [0.2, 0.25) is 0 Å². The number of rotatable bonds is 4. The summed E-state index contributed by atoms with van der Waals surface area (Å²) < 4.78 is 30.3. The Morgan fingerprint density at radius 3 is 2.50 bits per heavy atom. The zero-order valence-electron chi connectivity index (χ0n) is 15.3. The largest absolute Gasteiger partial charge is 0.497 e. The van der Waals surface area contributed by atoms with E-state index >= 15 is 0 Å². The molecule has 0 radical (unpaired) electrons. The zero-order chi connectivity index (χ0) is 19.3. The number of aromatic amines is 1. The van der Waals surface area contributed by atoms with Crippen molar-refractivity contribution in [1.29, 1.82) is 0 Å². The molecule has 0 bridgehead atoms. The Labute approximate surface area is 157 Å². The molecular weight excluding hydrogens is 376 g/mol. The van der Waals surface area contributed by atoms with Crippen molar-refractivity contribution in [3.63, 3.8) is 0 Å². The summed E-state index contributed by atoms with van der Waals surface area (Å²) in [6.07, 6.45) is 1.20. The van der Waals surface area contributed by atoms with Crippen molar-refractivity contribution < 1.29 is 13.2 Å². The van der Waals surface area contributed by atoms with Crippen LogP contribution in [0.4, 0.5) is 0 Å². The second-order valence-corrected chi connectivity index (χ2v) is 9.84. The fraction of sp³-hybridized carbons (Fsp3) is 0.412. The summed E-state index contributed by atoms with van der Waals surface area (Å²) >= 11 is 6.47. The second kappa shape index (κ2) is 6.28. The van der Waals surface area contributed by atoms with Gasteiger partial charge in [-0.25, -0.2) is 8.42 Å². The van der Waals surface area contributed by atoms with E-state index < -0.39 is 9.84 Å². The Morgan fingerprint density at radius 1 is 1.27 bits per heavy atom. The highest BCUT2D eigenvalue weighted by molar-refractivity contribution is 7.89. The lowest BCUT2D eigenvalue weighted by molar-refractivity contribution is 0.415. The van der Waals surface area contributed by atoms with Crippen molar-refractivity contribution in [2.45, 2.75) is 31.9 Å². The van der Waals surface area contributed by atoms with Crippen LogP contribution in [0.15, 0.2) is 18.2 Å². The van der Waals surface area contributed by atoms with Crippen molar-refractivity contribution >= 4 is 27.1 Å². The summed E-state index contributed by atoms with van der Waals surface area (Å²) in [6, 6.07) is 5.20. The average Bonchev–Trinajstić information content (AvgIpc) is 3.05.